The summed E-state index contributed by atoms with van der Waals surface area (Å²) in [6.07, 6.45) is 3.42. The van der Waals surface area contributed by atoms with E-state index in [2.05, 4.69) is 29.9 Å². The zero-order valence-corrected chi connectivity index (χ0v) is 11.6. The van der Waals surface area contributed by atoms with Gasteiger partial charge in [-0.3, -0.25) is 4.79 Å². The minimum absolute atomic E-state index is 0.0679. The van der Waals surface area contributed by atoms with Crippen LogP contribution in [0.5, 0.6) is 0 Å². The third kappa shape index (κ3) is 2.90. The van der Waals surface area contributed by atoms with Crippen molar-refractivity contribution in [3.8, 4) is 0 Å². The Morgan fingerprint density at radius 2 is 2.28 bits per heavy atom. The first-order valence-electron chi connectivity index (χ1n) is 6.08. The van der Waals surface area contributed by atoms with Crippen molar-refractivity contribution in [3.05, 3.63) is 17.7 Å². The van der Waals surface area contributed by atoms with Gasteiger partial charge in [-0.25, -0.2) is 0 Å². The predicted octanol–water partition coefficient (Wildman–Crippen LogP) is 2.32. The van der Waals surface area contributed by atoms with E-state index in [4.69, 9.17) is 5.73 Å². The summed E-state index contributed by atoms with van der Waals surface area (Å²) >= 11 is 1.80. The molecule has 4 N–H and O–H groups in total. The summed E-state index contributed by atoms with van der Waals surface area (Å²) < 4.78 is 0. The van der Waals surface area contributed by atoms with Gasteiger partial charge in [-0.15, -0.1) is 0 Å². The molecule has 0 radical (unpaired) electrons. The molecule has 0 aromatic heterocycles. The number of amides is 1. The van der Waals surface area contributed by atoms with E-state index in [9.17, 15) is 4.79 Å². The van der Waals surface area contributed by atoms with E-state index in [0.717, 1.165) is 29.1 Å². The summed E-state index contributed by atoms with van der Waals surface area (Å²) in [6, 6.07) is 4.28. The highest BCUT2D eigenvalue weighted by atomic mass is 32.2. The van der Waals surface area contributed by atoms with Crippen molar-refractivity contribution in [2.24, 2.45) is 0 Å². The molecule has 1 atom stereocenters. The van der Waals surface area contributed by atoms with Crippen LogP contribution < -0.4 is 16.4 Å². The standard InChI is InChI=1S/C13H19N3OS/c1-8(7-18-2)15-12-5-9-3-4-13(17)16-11(9)6-10(12)14/h5-6,8,15H,3-4,7,14H2,1-2H3,(H,16,17). The third-order valence-electron chi connectivity index (χ3n) is 2.99. The van der Waals surface area contributed by atoms with Gasteiger partial charge in [0.25, 0.3) is 0 Å². The van der Waals surface area contributed by atoms with Crippen LogP contribution in [0.4, 0.5) is 17.1 Å². The van der Waals surface area contributed by atoms with Gasteiger partial charge in [0.2, 0.25) is 5.91 Å². The van der Waals surface area contributed by atoms with Gasteiger partial charge in [0.1, 0.15) is 0 Å². The molecule has 0 bridgehead atoms. The molecule has 1 aromatic rings. The molecule has 0 aliphatic carbocycles. The van der Waals surface area contributed by atoms with E-state index < -0.39 is 0 Å². The number of hydrogen-bond acceptors (Lipinski definition) is 4. The minimum Gasteiger partial charge on any atom is -0.397 e. The second-order valence-corrected chi connectivity index (χ2v) is 5.56. The second-order valence-electron chi connectivity index (χ2n) is 4.65. The van der Waals surface area contributed by atoms with Gasteiger partial charge in [-0.2, -0.15) is 11.8 Å². The maximum Gasteiger partial charge on any atom is 0.224 e. The molecule has 1 aliphatic rings. The van der Waals surface area contributed by atoms with Crippen molar-refractivity contribution in [1.82, 2.24) is 0 Å². The average molecular weight is 265 g/mol. The Morgan fingerprint density at radius 3 is 3.00 bits per heavy atom. The Hall–Kier alpha value is -1.36. The molecule has 1 amide bonds. The monoisotopic (exact) mass is 265 g/mol. The lowest BCUT2D eigenvalue weighted by Gasteiger charge is -2.21. The first-order valence-corrected chi connectivity index (χ1v) is 7.47. The molecule has 0 spiro atoms. The Balaban J connectivity index is 2.20. The minimum atomic E-state index is 0.0679. The number of nitrogen functional groups attached to an aromatic ring is 1. The van der Waals surface area contributed by atoms with Crippen LogP contribution in [0.3, 0.4) is 0 Å². The molecular formula is C13H19N3OS. The first kappa shape index (κ1) is 13.1. The summed E-state index contributed by atoms with van der Waals surface area (Å²) in [7, 11) is 0. The molecule has 0 fully saturated rings. The Labute approximate surface area is 112 Å². The van der Waals surface area contributed by atoms with Crippen molar-refractivity contribution >= 4 is 34.7 Å². The quantitative estimate of drug-likeness (QED) is 0.731. The van der Waals surface area contributed by atoms with E-state index in [1.54, 1.807) is 11.8 Å². The van der Waals surface area contributed by atoms with Crippen LogP contribution in [0.25, 0.3) is 0 Å². The van der Waals surface area contributed by atoms with Gasteiger partial charge < -0.3 is 16.4 Å². The van der Waals surface area contributed by atoms with Gasteiger partial charge in [0.15, 0.2) is 0 Å². The number of carbonyl (C=O) groups excluding carboxylic acids is 1. The summed E-state index contributed by atoms with van der Waals surface area (Å²) in [5, 5.41) is 6.27. The highest BCUT2D eigenvalue weighted by Crippen LogP contribution is 2.31. The van der Waals surface area contributed by atoms with Crippen molar-refractivity contribution in [1.29, 1.82) is 0 Å². The molecule has 1 unspecified atom stereocenters. The lowest BCUT2D eigenvalue weighted by atomic mass is 10.0. The Kier molecular flexibility index (Phi) is 4.01. The number of benzene rings is 1. The fourth-order valence-corrected chi connectivity index (χ4v) is 2.71. The van der Waals surface area contributed by atoms with E-state index in [1.165, 1.54) is 0 Å². The summed E-state index contributed by atoms with van der Waals surface area (Å²) in [6.45, 7) is 2.14. The van der Waals surface area contributed by atoms with E-state index in [-0.39, 0.29) is 5.91 Å². The van der Waals surface area contributed by atoms with Gasteiger partial charge in [0, 0.05) is 23.9 Å². The van der Waals surface area contributed by atoms with Crippen molar-refractivity contribution in [3.63, 3.8) is 0 Å². The average Bonchev–Trinajstić information content (AvgIpc) is 2.31. The fraction of sp³-hybridized carbons (Fsp3) is 0.462. The molecule has 0 saturated heterocycles. The lowest BCUT2D eigenvalue weighted by Crippen LogP contribution is -2.21. The van der Waals surface area contributed by atoms with Crippen LogP contribution in [0, 0.1) is 0 Å². The highest BCUT2D eigenvalue weighted by molar-refractivity contribution is 7.98. The normalized spacial score (nSPS) is 15.8. The fourth-order valence-electron chi connectivity index (χ4n) is 2.13. The molecule has 98 valence electrons. The van der Waals surface area contributed by atoms with Gasteiger partial charge in [0.05, 0.1) is 11.4 Å². The van der Waals surface area contributed by atoms with Gasteiger partial charge >= 0.3 is 0 Å². The summed E-state index contributed by atoms with van der Waals surface area (Å²) in [5.41, 5.74) is 9.67. The number of rotatable bonds is 4. The maximum absolute atomic E-state index is 11.3. The number of fused-ring (bicyclic) bond motifs is 1. The van der Waals surface area contributed by atoms with Gasteiger partial charge in [-0.05, 0) is 37.3 Å². The topological polar surface area (TPSA) is 67.2 Å². The third-order valence-corrected chi connectivity index (χ3v) is 3.82. The summed E-state index contributed by atoms with van der Waals surface area (Å²) in [4.78, 5) is 11.3. The molecule has 1 aromatic carbocycles. The van der Waals surface area contributed by atoms with Crippen LogP contribution in [0.1, 0.15) is 18.9 Å². The maximum atomic E-state index is 11.3. The highest BCUT2D eigenvalue weighted by Gasteiger charge is 2.17. The smallest absolute Gasteiger partial charge is 0.224 e. The molecular weight excluding hydrogens is 246 g/mol. The van der Waals surface area contributed by atoms with Crippen molar-refractivity contribution in [2.45, 2.75) is 25.8 Å². The molecule has 1 aliphatic heterocycles. The van der Waals surface area contributed by atoms with Crippen LogP contribution in [-0.4, -0.2) is 24.0 Å². The number of thioether (sulfide) groups is 1. The number of nitrogens with two attached hydrogens (primary N) is 1. The Bertz CT molecular complexity index is 462. The molecule has 0 saturated carbocycles. The van der Waals surface area contributed by atoms with Crippen LogP contribution in [0.2, 0.25) is 0 Å². The molecule has 5 heteroatoms. The second kappa shape index (κ2) is 5.52. The van der Waals surface area contributed by atoms with Crippen molar-refractivity contribution < 1.29 is 4.79 Å². The Morgan fingerprint density at radius 1 is 1.50 bits per heavy atom. The number of carbonyl (C=O) groups is 1. The van der Waals surface area contributed by atoms with Crippen LogP contribution in [-0.2, 0) is 11.2 Å². The van der Waals surface area contributed by atoms with E-state index >= 15 is 0 Å². The predicted molar refractivity (Wildman–Crippen MR) is 79.3 cm³/mol. The zero-order chi connectivity index (χ0) is 13.1. The van der Waals surface area contributed by atoms with E-state index in [1.807, 2.05) is 6.07 Å². The zero-order valence-electron chi connectivity index (χ0n) is 10.7. The SMILES string of the molecule is CSCC(C)Nc1cc2c(cc1N)NC(=O)CC2. The van der Waals surface area contributed by atoms with Crippen LogP contribution in [0.15, 0.2) is 12.1 Å². The van der Waals surface area contributed by atoms with Gasteiger partial charge in [-0.1, -0.05) is 0 Å². The number of hydrogen-bond donors (Lipinski definition) is 3. The lowest BCUT2D eigenvalue weighted by molar-refractivity contribution is -0.116. The van der Waals surface area contributed by atoms with Crippen LogP contribution >= 0.6 is 11.8 Å². The molecule has 1 heterocycles. The van der Waals surface area contributed by atoms with E-state index in [0.29, 0.717) is 18.2 Å². The number of nitrogens with one attached hydrogen (secondary N) is 2. The van der Waals surface area contributed by atoms with Crippen molar-refractivity contribution in [2.75, 3.05) is 28.4 Å². The summed E-state index contributed by atoms with van der Waals surface area (Å²) in [5.74, 6) is 1.10. The molecule has 18 heavy (non-hydrogen) atoms. The number of aryl methyl sites for hydroxylation is 1. The molecule has 2 rings (SSSR count). The largest absolute Gasteiger partial charge is 0.397 e. The first-order chi connectivity index (χ1) is 8.60. The number of anilines is 3. The molecule has 4 nitrogen and oxygen atoms in total.